The summed E-state index contributed by atoms with van der Waals surface area (Å²) in [6, 6.07) is -1.17. The van der Waals surface area contributed by atoms with Crippen LogP contribution in [0.5, 0.6) is 0 Å². The molecule has 124 valence electrons. The van der Waals surface area contributed by atoms with E-state index in [2.05, 4.69) is 10.1 Å². The zero-order valence-electron chi connectivity index (χ0n) is 12.5. The minimum Gasteiger partial charge on any atom is -0.468 e. The molecule has 0 aromatic heterocycles. The van der Waals surface area contributed by atoms with Crippen LogP contribution in [0.3, 0.4) is 0 Å². The molecule has 0 saturated carbocycles. The van der Waals surface area contributed by atoms with E-state index in [1.165, 1.54) is 14.0 Å². The molecule has 8 nitrogen and oxygen atoms in total. The first kappa shape index (κ1) is 18.3. The fraction of sp³-hybridized carbons (Fsp3) is 0.923. The van der Waals surface area contributed by atoms with Crippen LogP contribution in [0.15, 0.2) is 0 Å². The molecule has 1 aliphatic heterocycles. The van der Waals surface area contributed by atoms with E-state index in [0.29, 0.717) is 6.42 Å². The maximum Gasteiger partial charge on any atom is 0.325 e. The van der Waals surface area contributed by atoms with E-state index in [9.17, 15) is 25.2 Å². The molecule has 7 atom stereocenters. The summed E-state index contributed by atoms with van der Waals surface area (Å²) in [5.41, 5.74) is 0. The van der Waals surface area contributed by atoms with Gasteiger partial charge in [-0.25, -0.2) is 0 Å². The summed E-state index contributed by atoms with van der Waals surface area (Å²) in [7, 11) is 1.23. The Morgan fingerprint density at radius 3 is 2.48 bits per heavy atom. The lowest BCUT2D eigenvalue weighted by Gasteiger charge is -2.37. The van der Waals surface area contributed by atoms with Gasteiger partial charge in [-0.15, -0.1) is 0 Å². The highest BCUT2D eigenvalue weighted by atomic mass is 16.5. The number of carbonyl (C=O) groups excluding carboxylic acids is 1. The van der Waals surface area contributed by atoms with Gasteiger partial charge in [0, 0.05) is 6.04 Å². The van der Waals surface area contributed by atoms with Crippen molar-refractivity contribution in [3.8, 4) is 0 Å². The fourth-order valence-electron chi connectivity index (χ4n) is 2.33. The Labute approximate surface area is 123 Å². The first-order valence-electron chi connectivity index (χ1n) is 6.95. The van der Waals surface area contributed by atoms with Crippen LogP contribution in [0.25, 0.3) is 0 Å². The molecule has 0 bridgehead atoms. The Morgan fingerprint density at radius 2 is 1.95 bits per heavy atom. The quantitative estimate of drug-likeness (QED) is 0.348. The van der Waals surface area contributed by atoms with Crippen LogP contribution < -0.4 is 5.32 Å². The third-order valence-corrected chi connectivity index (χ3v) is 3.59. The molecule has 0 amide bonds. The van der Waals surface area contributed by atoms with Crippen molar-refractivity contribution in [3.05, 3.63) is 0 Å². The van der Waals surface area contributed by atoms with Crippen molar-refractivity contribution in [3.63, 3.8) is 0 Å². The highest BCUT2D eigenvalue weighted by molar-refractivity contribution is 5.76. The van der Waals surface area contributed by atoms with Crippen molar-refractivity contribution >= 4 is 5.97 Å². The highest BCUT2D eigenvalue weighted by Gasteiger charge is 2.38. The lowest BCUT2D eigenvalue weighted by atomic mass is 9.95. The molecule has 0 aliphatic carbocycles. The van der Waals surface area contributed by atoms with Gasteiger partial charge in [0.1, 0.15) is 24.4 Å². The zero-order chi connectivity index (χ0) is 16.2. The molecule has 0 aromatic carbocycles. The Hall–Kier alpha value is -0.770. The largest absolute Gasteiger partial charge is 0.468 e. The molecule has 0 radical (unpaired) electrons. The molecule has 0 spiro atoms. The predicted octanol–water partition coefficient (Wildman–Crippen LogP) is -2.24. The van der Waals surface area contributed by atoms with Crippen LogP contribution in [-0.2, 0) is 14.3 Å². The van der Waals surface area contributed by atoms with Gasteiger partial charge in [0.05, 0.1) is 25.9 Å². The van der Waals surface area contributed by atoms with E-state index in [-0.39, 0.29) is 12.6 Å². The molecule has 1 saturated heterocycles. The number of esters is 1. The van der Waals surface area contributed by atoms with Gasteiger partial charge in [-0.05, 0) is 20.3 Å². The third-order valence-electron chi connectivity index (χ3n) is 3.59. The van der Waals surface area contributed by atoms with Gasteiger partial charge in [0.25, 0.3) is 0 Å². The van der Waals surface area contributed by atoms with Gasteiger partial charge in [0.2, 0.25) is 0 Å². The molecule has 5 N–H and O–H groups in total. The number of hydrogen-bond acceptors (Lipinski definition) is 8. The monoisotopic (exact) mass is 307 g/mol. The average Bonchev–Trinajstić information content (AvgIpc) is 2.44. The van der Waals surface area contributed by atoms with Gasteiger partial charge < -0.3 is 29.9 Å². The molecule has 0 aromatic rings. The number of methoxy groups -OCH3 is 1. The van der Waals surface area contributed by atoms with Crippen molar-refractivity contribution in [2.45, 2.75) is 62.9 Å². The van der Waals surface area contributed by atoms with Crippen LogP contribution >= 0.6 is 0 Å². The number of aliphatic hydroxyl groups excluding tert-OH is 4. The number of aliphatic hydroxyl groups is 4. The van der Waals surface area contributed by atoms with Gasteiger partial charge in [-0.2, -0.15) is 0 Å². The second kappa shape index (κ2) is 8.02. The Bertz CT molecular complexity index is 338. The first-order chi connectivity index (χ1) is 9.77. The average molecular weight is 307 g/mol. The fourth-order valence-corrected chi connectivity index (χ4v) is 2.33. The van der Waals surface area contributed by atoms with Crippen molar-refractivity contribution in [1.29, 1.82) is 0 Å². The minimum absolute atomic E-state index is 0.0630. The Morgan fingerprint density at radius 1 is 1.33 bits per heavy atom. The van der Waals surface area contributed by atoms with Crippen LogP contribution in [0.2, 0.25) is 0 Å². The molecule has 1 fully saturated rings. The molecule has 1 aliphatic rings. The van der Waals surface area contributed by atoms with Crippen molar-refractivity contribution < 1.29 is 34.7 Å². The second-order valence-electron chi connectivity index (χ2n) is 5.47. The SMILES string of the molecule is COC(=O)C(NC(C)CC1OCC(O)C(O)C1O)C(C)O. The van der Waals surface area contributed by atoms with E-state index in [1.807, 2.05) is 0 Å². The summed E-state index contributed by atoms with van der Waals surface area (Å²) in [4.78, 5) is 11.5. The van der Waals surface area contributed by atoms with E-state index >= 15 is 0 Å². The lowest BCUT2D eigenvalue weighted by Crippen LogP contribution is -2.55. The van der Waals surface area contributed by atoms with Crippen LogP contribution in [0, 0.1) is 0 Å². The molecular formula is C13H25NO7. The van der Waals surface area contributed by atoms with Crippen LogP contribution in [-0.4, -0.2) is 82.7 Å². The maximum absolute atomic E-state index is 11.5. The first-order valence-corrected chi connectivity index (χ1v) is 6.95. The Kier molecular flexibility index (Phi) is 6.98. The van der Waals surface area contributed by atoms with Crippen molar-refractivity contribution in [2.75, 3.05) is 13.7 Å². The van der Waals surface area contributed by atoms with Crippen molar-refractivity contribution in [2.24, 2.45) is 0 Å². The summed E-state index contributed by atoms with van der Waals surface area (Å²) in [6.07, 6.45) is -4.89. The molecule has 1 rings (SSSR count). The summed E-state index contributed by atoms with van der Waals surface area (Å²) in [6.45, 7) is 3.16. The van der Waals surface area contributed by atoms with Crippen molar-refractivity contribution in [1.82, 2.24) is 5.32 Å². The minimum atomic E-state index is -1.26. The number of carbonyl (C=O) groups is 1. The highest BCUT2D eigenvalue weighted by Crippen LogP contribution is 2.19. The smallest absolute Gasteiger partial charge is 0.325 e. The van der Waals surface area contributed by atoms with Gasteiger partial charge in [-0.1, -0.05) is 0 Å². The lowest BCUT2D eigenvalue weighted by molar-refractivity contribution is -0.189. The number of rotatable bonds is 6. The van der Waals surface area contributed by atoms with E-state index in [1.54, 1.807) is 6.92 Å². The van der Waals surface area contributed by atoms with E-state index in [4.69, 9.17) is 4.74 Å². The van der Waals surface area contributed by atoms with Crippen LogP contribution in [0.4, 0.5) is 0 Å². The maximum atomic E-state index is 11.5. The van der Waals surface area contributed by atoms with Gasteiger partial charge in [0.15, 0.2) is 0 Å². The molecule has 7 unspecified atom stereocenters. The summed E-state index contributed by atoms with van der Waals surface area (Å²) in [5.74, 6) is -0.586. The number of ether oxygens (including phenoxy) is 2. The summed E-state index contributed by atoms with van der Waals surface area (Å²) < 4.78 is 9.90. The zero-order valence-corrected chi connectivity index (χ0v) is 12.5. The van der Waals surface area contributed by atoms with Gasteiger partial charge in [-0.3, -0.25) is 10.1 Å². The molecule has 21 heavy (non-hydrogen) atoms. The second-order valence-corrected chi connectivity index (χ2v) is 5.47. The standard InChI is InChI=1S/C13H25NO7/c1-6(14-10(7(2)15)13(19)20-3)4-9-12(18)11(17)8(16)5-21-9/h6-12,14-18H,4-5H2,1-3H3. The summed E-state index contributed by atoms with van der Waals surface area (Å²) >= 11 is 0. The van der Waals surface area contributed by atoms with E-state index in [0.717, 1.165) is 0 Å². The van der Waals surface area contributed by atoms with E-state index < -0.39 is 42.5 Å². The predicted molar refractivity (Wildman–Crippen MR) is 72.5 cm³/mol. The number of hydrogen-bond donors (Lipinski definition) is 5. The van der Waals surface area contributed by atoms with Crippen LogP contribution in [0.1, 0.15) is 20.3 Å². The Balaban J connectivity index is 2.56. The normalized spacial score (nSPS) is 34.0. The van der Waals surface area contributed by atoms with Gasteiger partial charge >= 0.3 is 5.97 Å². The summed E-state index contributed by atoms with van der Waals surface area (Å²) in [5, 5.41) is 41.3. The topological polar surface area (TPSA) is 128 Å². The third kappa shape index (κ3) is 4.87. The molecular weight excluding hydrogens is 282 g/mol. The number of nitrogens with one attached hydrogen (secondary N) is 1. The molecule has 8 heteroatoms. The molecule has 1 heterocycles.